The zero-order chi connectivity index (χ0) is 17.6. The first kappa shape index (κ1) is 17.2. The van der Waals surface area contributed by atoms with Crippen LogP contribution >= 0.6 is 33.9 Å². The maximum Gasteiger partial charge on any atom is 0.0856 e. The molecule has 0 saturated carbocycles. The third-order valence-corrected chi connectivity index (χ3v) is 7.80. The maximum atomic E-state index is 8.60. The molecule has 0 unspecified atom stereocenters. The van der Waals surface area contributed by atoms with Gasteiger partial charge in [-0.3, -0.25) is 5.41 Å². The molecule has 3 aliphatic rings. The first-order valence-electron chi connectivity index (χ1n) is 9.01. The van der Waals surface area contributed by atoms with Crippen molar-refractivity contribution in [3.05, 3.63) is 38.3 Å². The zero-order valence-corrected chi connectivity index (χ0v) is 17.6. The summed E-state index contributed by atoms with van der Waals surface area (Å²) in [6.45, 7) is 6.40. The summed E-state index contributed by atoms with van der Waals surface area (Å²) < 4.78 is 2.28. The molecule has 0 aromatic heterocycles. The molecule has 0 spiro atoms. The van der Waals surface area contributed by atoms with E-state index in [0.717, 1.165) is 46.1 Å². The van der Waals surface area contributed by atoms with Gasteiger partial charge in [0.25, 0.3) is 0 Å². The van der Waals surface area contributed by atoms with Crippen LogP contribution in [0.5, 0.6) is 0 Å². The number of halogens is 1. The molecule has 0 bridgehead atoms. The zero-order valence-electron chi connectivity index (χ0n) is 14.7. The van der Waals surface area contributed by atoms with E-state index in [1.54, 1.807) is 11.3 Å². The number of aromatic nitrogens is 1. The van der Waals surface area contributed by atoms with E-state index in [1.165, 1.54) is 39.2 Å². The van der Waals surface area contributed by atoms with E-state index in [9.17, 15) is 0 Å². The van der Waals surface area contributed by atoms with Crippen LogP contribution in [0.15, 0.2) is 18.2 Å². The molecule has 0 amide bonds. The lowest BCUT2D eigenvalue weighted by Crippen LogP contribution is -2.22. The largest absolute Gasteiger partial charge is 0.372 e. The van der Waals surface area contributed by atoms with Crippen molar-refractivity contribution >= 4 is 49.8 Å². The van der Waals surface area contributed by atoms with Crippen LogP contribution in [-0.4, -0.2) is 18.1 Å². The molecule has 1 N–H and O–H groups in total. The molecule has 1 aromatic carbocycles. The molecule has 2 aliphatic carbocycles. The Morgan fingerprint density at radius 3 is 2.60 bits per heavy atom. The summed E-state index contributed by atoms with van der Waals surface area (Å²) in [5.74, 6) is 0. The number of rotatable bonds is 3. The minimum Gasteiger partial charge on any atom is -0.372 e. The first-order chi connectivity index (χ1) is 12.1. The van der Waals surface area contributed by atoms with Crippen LogP contribution in [0.3, 0.4) is 0 Å². The van der Waals surface area contributed by atoms with Gasteiger partial charge in [0, 0.05) is 18.8 Å². The van der Waals surface area contributed by atoms with Crippen molar-refractivity contribution in [3.8, 4) is 10.6 Å². The highest BCUT2D eigenvalue weighted by molar-refractivity contribution is 14.1. The monoisotopic (exact) mass is 463 g/mol. The summed E-state index contributed by atoms with van der Waals surface area (Å²) >= 11 is 4.15. The number of anilines is 1. The standard InChI is InChI=1S/C20H22IN3S/c1-3-24(4-2)12-9-10-15-16(11-12)25-20-17(21)18(22)13-7-5-6-8-14(13)19(20)23-15/h9-11,22H,3-8H2,1-2H3. The number of hydrogen-bond acceptors (Lipinski definition) is 4. The summed E-state index contributed by atoms with van der Waals surface area (Å²) in [5, 5.41) is 9.33. The van der Waals surface area contributed by atoms with E-state index in [4.69, 9.17) is 10.4 Å². The molecular formula is C20H22IN3S. The molecule has 130 valence electrons. The van der Waals surface area contributed by atoms with Crippen molar-refractivity contribution < 1.29 is 0 Å². The van der Waals surface area contributed by atoms with Crippen LogP contribution in [0, 0.1) is 8.98 Å². The number of nitrogens with one attached hydrogen (secondary N) is 1. The van der Waals surface area contributed by atoms with Crippen LogP contribution in [0.1, 0.15) is 37.8 Å². The number of hydrogen-bond donors (Lipinski definition) is 1. The van der Waals surface area contributed by atoms with E-state index in [-0.39, 0.29) is 0 Å². The number of fused-ring (bicyclic) bond motifs is 4. The summed E-state index contributed by atoms with van der Waals surface area (Å²) in [4.78, 5) is 8.60. The van der Waals surface area contributed by atoms with E-state index in [2.05, 4.69) is 59.5 Å². The van der Waals surface area contributed by atoms with Gasteiger partial charge >= 0.3 is 0 Å². The summed E-state index contributed by atoms with van der Waals surface area (Å²) in [6.07, 6.45) is 4.51. The SMILES string of the molecule is CCN(CC)c1ccc2nc3c4c(c(=N)c(I)c-3sc2c1)CCCC4. The normalized spacial score (nSPS) is 14.0. The lowest BCUT2D eigenvalue weighted by atomic mass is 9.88. The Morgan fingerprint density at radius 2 is 1.88 bits per heavy atom. The highest BCUT2D eigenvalue weighted by Gasteiger charge is 2.23. The highest BCUT2D eigenvalue weighted by atomic mass is 127. The maximum absolute atomic E-state index is 8.60. The molecule has 4 rings (SSSR count). The van der Waals surface area contributed by atoms with Crippen molar-refractivity contribution in [2.75, 3.05) is 18.0 Å². The Morgan fingerprint density at radius 1 is 1.16 bits per heavy atom. The van der Waals surface area contributed by atoms with Gasteiger partial charge in [0.15, 0.2) is 0 Å². The second kappa shape index (κ2) is 6.83. The van der Waals surface area contributed by atoms with Crippen LogP contribution in [0.2, 0.25) is 0 Å². The van der Waals surface area contributed by atoms with E-state index >= 15 is 0 Å². The Bertz CT molecular complexity index is 975. The fourth-order valence-corrected chi connectivity index (χ4v) is 5.82. The molecule has 0 radical (unpaired) electrons. The van der Waals surface area contributed by atoms with Gasteiger partial charge < -0.3 is 4.90 Å². The summed E-state index contributed by atoms with van der Waals surface area (Å²) in [7, 11) is 0. The van der Waals surface area contributed by atoms with Gasteiger partial charge in [-0.1, -0.05) is 0 Å². The second-order valence-corrected chi connectivity index (χ2v) is 8.70. The van der Waals surface area contributed by atoms with E-state index in [0.29, 0.717) is 0 Å². The molecule has 3 nitrogen and oxygen atoms in total. The molecule has 1 heterocycles. The number of nitrogens with zero attached hydrogens (tertiary/aromatic N) is 2. The minimum absolute atomic E-state index is 0.736. The predicted octanol–water partition coefficient (Wildman–Crippen LogP) is 5.21. The molecule has 25 heavy (non-hydrogen) atoms. The third kappa shape index (κ3) is 2.85. The van der Waals surface area contributed by atoms with Gasteiger partial charge in [0.2, 0.25) is 0 Å². The lowest BCUT2D eigenvalue weighted by molar-refractivity contribution is 0.677. The Balaban J connectivity index is 2.00. The fourth-order valence-electron chi connectivity index (χ4n) is 3.83. The molecule has 0 fully saturated rings. The molecular weight excluding hydrogens is 441 g/mol. The molecule has 1 aromatic rings. The minimum atomic E-state index is 0.736. The molecule has 0 atom stereocenters. The second-order valence-electron chi connectivity index (χ2n) is 6.57. The molecule has 1 aliphatic heterocycles. The summed E-state index contributed by atoms with van der Waals surface area (Å²) in [5.41, 5.74) is 6.05. The lowest BCUT2D eigenvalue weighted by Gasteiger charge is -2.23. The van der Waals surface area contributed by atoms with Gasteiger partial charge in [-0.15, -0.1) is 11.3 Å². The average molecular weight is 463 g/mol. The smallest absolute Gasteiger partial charge is 0.0856 e. The van der Waals surface area contributed by atoms with Crippen LogP contribution in [0.25, 0.3) is 20.8 Å². The van der Waals surface area contributed by atoms with Gasteiger partial charge in [-0.05, 0) is 91.4 Å². The van der Waals surface area contributed by atoms with Crippen LogP contribution in [0.4, 0.5) is 5.69 Å². The van der Waals surface area contributed by atoms with Gasteiger partial charge in [-0.25, -0.2) is 4.98 Å². The summed E-state index contributed by atoms with van der Waals surface area (Å²) in [6, 6.07) is 6.62. The average Bonchev–Trinajstić information content (AvgIpc) is 2.66. The van der Waals surface area contributed by atoms with E-state index < -0.39 is 0 Å². The van der Waals surface area contributed by atoms with Crippen molar-refractivity contribution in [2.45, 2.75) is 39.5 Å². The van der Waals surface area contributed by atoms with Crippen LogP contribution < -0.4 is 10.3 Å². The molecule has 0 saturated heterocycles. The van der Waals surface area contributed by atoms with E-state index in [1.807, 2.05) is 0 Å². The van der Waals surface area contributed by atoms with Crippen LogP contribution in [-0.2, 0) is 12.8 Å². The van der Waals surface area contributed by atoms with Gasteiger partial charge in [0.1, 0.15) is 0 Å². The highest BCUT2D eigenvalue weighted by Crippen LogP contribution is 2.39. The van der Waals surface area contributed by atoms with Gasteiger partial charge in [-0.2, -0.15) is 0 Å². The quantitative estimate of drug-likeness (QED) is 0.428. The van der Waals surface area contributed by atoms with Crippen molar-refractivity contribution in [2.24, 2.45) is 0 Å². The fraction of sp³-hybridized carbons (Fsp3) is 0.400. The van der Waals surface area contributed by atoms with Crippen molar-refractivity contribution in [3.63, 3.8) is 0 Å². The Kier molecular flexibility index (Phi) is 4.71. The topological polar surface area (TPSA) is 40.0 Å². The Hall–Kier alpha value is -1.21. The van der Waals surface area contributed by atoms with Crippen molar-refractivity contribution in [1.29, 1.82) is 5.41 Å². The van der Waals surface area contributed by atoms with Crippen molar-refractivity contribution in [1.82, 2.24) is 4.98 Å². The Labute approximate surface area is 166 Å². The molecule has 5 heteroatoms. The number of benzene rings is 2. The predicted molar refractivity (Wildman–Crippen MR) is 115 cm³/mol. The first-order valence-corrected chi connectivity index (χ1v) is 10.9. The third-order valence-electron chi connectivity index (χ3n) is 5.21. The van der Waals surface area contributed by atoms with Gasteiger partial charge in [0.05, 0.1) is 29.7 Å².